The van der Waals surface area contributed by atoms with E-state index < -0.39 is 0 Å². The van der Waals surface area contributed by atoms with E-state index in [0.717, 1.165) is 31.3 Å². The first-order chi connectivity index (χ1) is 7.48. The number of allylic oxidation sites excluding steroid dienone is 2. The lowest BCUT2D eigenvalue weighted by molar-refractivity contribution is -0.152. The lowest BCUT2D eigenvalue weighted by atomic mass is 10.0. The van der Waals surface area contributed by atoms with Gasteiger partial charge in [-0.1, -0.05) is 17.7 Å². The Balaban J connectivity index is 2.74. The van der Waals surface area contributed by atoms with Crippen molar-refractivity contribution < 1.29 is 9.53 Å². The Bertz CT molecular complexity index is 314. The van der Waals surface area contributed by atoms with E-state index in [1.54, 1.807) is 0 Å². The molecular weight excluding hydrogens is 200 g/mol. The van der Waals surface area contributed by atoms with Gasteiger partial charge in [-0.15, -0.1) is 0 Å². The Hall–Kier alpha value is -1.05. The first-order valence-corrected chi connectivity index (χ1v) is 6.02. The minimum absolute atomic E-state index is 0.178. The van der Waals surface area contributed by atoms with Crippen LogP contribution in [0.5, 0.6) is 0 Å². The van der Waals surface area contributed by atoms with Crippen LogP contribution in [0.15, 0.2) is 23.3 Å². The van der Waals surface area contributed by atoms with Crippen molar-refractivity contribution in [2.45, 2.75) is 59.0 Å². The van der Waals surface area contributed by atoms with Crippen LogP contribution >= 0.6 is 0 Å². The quantitative estimate of drug-likeness (QED) is 0.413. The summed E-state index contributed by atoms with van der Waals surface area (Å²) >= 11 is 0. The van der Waals surface area contributed by atoms with E-state index in [0.29, 0.717) is 5.57 Å². The first-order valence-electron chi connectivity index (χ1n) is 6.02. The highest BCUT2D eigenvalue weighted by atomic mass is 16.6. The minimum Gasteiger partial charge on any atom is -0.456 e. The van der Waals surface area contributed by atoms with Gasteiger partial charge in [-0.05, 0) is 53.4 Å². The molecule has 0 aromatic carbocycles. The number of ether oxygens (including phenoxy) is 1. The summed E-state index contributed by atoms with van der Waals surface area (Å²) in [5.41, 5.74) is 1.46. The van der Waals surface area contributed by atoms with E-state index in [2.05, 4.69) is 0 Å². The molecule has 90 valence electrons. The summed E-state index contributed by atoms with van der Waals surface area (Å²) in [6, 6.07) is 0. The van der Waals surface area contributed by atoms with Gasteiger partial charge >= 0.3 is 5.97 Å². The molecule has 0 saturated heterocycles. The number of hydrogen-bond donors (Lipinski definition) is 0. The third-order valence-corrected chi connectivity index (χ3v) is 3.09. The summed E-state index contributed by atoms with van der Waals surface area (Å²) in [6.45, 7) is 7.82. The number of esters is 1. The van der Waals surface area contributed by atoms with Crippen molar-refractivity contribution in [1.82, 2.24) is 0 Å². The van der Waals surface area contributed by atoms with Crippen molar-refractivity contribution in [1.29, 1.82) is 0 Å². The van der Waals surface area contributed by atoms with Gasteiger partial charge in [0.1, 0.15) is 5.60 Å². The lowest BCUT2D eigenvalue weighted by Crippen LogP contribution is -2.28. The van der Waals surface area contributed by atoms with E-state index in [-0.39, 0.29) is 11.6 Å². The molecule has 0 atom stereocenters. The fourth-order valence-corrected chi connectivity index (χ4v) is 2.11. The monoisotopic (exact) mass is 222 g/mol. The first kappa shape index (κ1) is 13.0. The number of carbonyl (C=O) groups is 1. The summed E-state index contributed by atoms with van der Waals surface area (Å²) in [4.78, 5) is 12.0. The molecule has 0 N–H and O–H groups in total. The molecule has 0 aromatic heterocycles. The fourth-order valence-electron chi connectivity index (χ4n) is 2.11. The molecule has 2 nitrogen and oxygen atoms in total. The molecule has 1 aliphatic carbocycles. The highest BCUT2D eigenvalue weighted by Gasteiger charge is 2.33. The van der Waals surface area contributed by atoms with Gasteiger partial charge in [0, 0.05) is 0 Å². The second-order valence-electron chi connectivity index (χ2n) is 4.96. The highest BCUT2D eigenvalue weighted by molar-refractivity contribution is 5.92. The molecule has 2 heteroatoms. The maximum atomic E-state index is 12.0. The van der Waals surface area contributed by atoms with Gasteiger partial charge in [-0.3, -0.25) is 0 Å². The predicted octanol–water partition coefficient (Wildman–Crippen LogP) is 3.77. The van der Waals surface area contributed by atoms with Gasteiger partial charge in [-0.2, -0.15) is 0 Å². The van der Waals surface area contributed by atoms with E-state index in [4.69, 9.17) is 4.74 Å². The van der Waals surface area contributed by atoms with E-state index in [9.17, 15) is 4.79 Å². The van der Waals surface area contributed by atoms with E-state index in [1.807, 2.05) is 39.8 Å². The second kappa shape index (κ2) is 5.33. The predicted molar refractivity (Wildman–Crippen MR) is 66.2 cm³/mol. The van der Waals surface area contributed by atoms with E-state index >= 15 is 0 Å². The third-order valence-electron chi connectivity index (χ3n) is 3.09. The molecule has 0 amide bonds. The van der Waals surface area contributed by atoms with Crippen molar-refractivity contribution >= 4 is 5.97 Å². The van der Waals surface area contributed by atoms with Gasteiger partial charge < -0.3 is 4.74 Å². The van der Waals surface area contributed by atoms with Gasteiger partial charge in [0.15, 0.2) is 0 Å². The van der Waals surface area contributed by atoms with Gasteiger partial charge in [0.2, 0.25) is 0 Å². The smallest absolute Gasteiger partial charge is 0.338 e. The van der Waals surface area contributed by atoms with Gasteiger partial charge in [0.25, 0.3) is 0 Å². The summed E-state index contributed by atoms with van der Waals surface area (Å²) in [5, 5.41) is 0. The number of hydrogen-bond acceptors (Lipinski definition) is 2. The van der Waals surface area contributed by atoms with Crippen LogP contribution in [-0.4, -0.2) is 11.6 Å². The molecule has 0 aromatic rings. The molecule has 0 radical (unpaired) electrons. The zero-order valence-corrected chi connectivity index (χ0v) is 10.8. The standard InChI is InChI=1S/C14H22O2/c1-5-8-12(11(2)3)13(15)16-14(4)9-6-7-10-14/h5,8H,6-7,9-10H2,1-4H3. The average Bonchev–Trinajstić information content (AvgIpc) is 2.60. The molecule has 0 aliphatic heterocycles. The van der Waals surface area contributed by atoms with Crippen LogP contribution in [-0.2, 0) is 9.53 Å². The maximum Gasteiger partial charge on any atom is 0.338 e. The molecule has 0 unspecified atom stereocenters. The zero-order chi connectivity index (χ0) is 12.2. The van der Waals surface area contributed by atoms with Crippen LogP contribution in [0.4, 0.5) is 0 Å². The van der Waals surface area contributed by atoms with Crippen LogP contribution in [0.1, 0.15) is 53.4 Å². The highest BCUT2D eigenvalue weighted by Crippen LogP contribution is 2.33. The van der Waals surface area contributed by atoms with Crippen LogP contribution in [0, 0.1) is 0 Å². The molecule has 0 spiro atoms. The van der Waals surface area contributed by atoms with Crippen LogP contribution in [0.2, 0.25) is 0 Å². The molecule has 1 saturated carbocycles. The Labute approximate surface area is 98.4 Å². The van der Waals surface area contributed by atoms with Crippen LogP contribution in [0.3, 0.4) is 0 Å². The van der Waals surface area contributed by atoms with Crippen molar-refractivity contribution in [3.8, 4) is 0 Å². The average molecular weight is 222 g/mol. The van der Waals surface area contributed by atoms with E-state index in [1.165, 1.54) is 0 Å². The summed E-state index contributed by atoms with van der Waals surface area (Å²) in [5.74, 6) is -0.178. The summed E-state index contributed by atoms with van der Waals surface area (Å²) in [6.07, 6.45) is 8.01. The maximum absolute atomic E-state index is 12.0. The van der Waals surface area contributed by atoms with Crippen molar-refractivity contribution in [3.05, 3.63) is 23.3 Å². The molecule has 0 bridgehead atoms. The van der Waals surface area contributed by atoms with Crippen molar-refractivity contribution in [2.75, 3.05) is 0 Å². The van der Waals surface area contributed by atoms with Crippen LogP contribution in [0.25, 0.3) is 0 Å². The molecule has 1 aliphatic rings. The molecule has 0 heterocycles. The molecule has 1 fully saturated rings. The Morgan fingerprint density at radius 3 is 2.25 bits per heavy atom. The third kappa shape index (κ3) is 3.22. The van der Waals surface area contributed by atoms with Crippen molar-refractivity contribution in [2.24, 2.45) is 0 Å². The summed E-state index contributed by atoms with van der Waals surface area (Å²) in [7, 11) is 0. The molecule has 1 rings (SSSR count). The van der Waals surface area contributed by atoms with Crippen LogP contribution < -0.4 is 0 Å². The fraction of sp³-hybridized carbons (Fsp3) is 0.643. The Kier molecular flexibility index (Phi) is 4.34. The zero-order valence-electron chi connectivity index (χ0n) is 10.8. The second-order valence-corrected chi connectivity index (χ2v) is 4.96. The lowest BCUT2D eigenvalue weighted by Gasteiger charge is -2.24. The Morgan fingerprint density at radius 2 is 1.81 bits per heavy atom. The Morgan fingerprint density at radius 1 is 1.25 bits per heavy atom. The minimum atomic E-state index is -0.237. The SMILES string of the molecule is CC=CC(C(=O)OC1(C)CCCC1)=C(C)C. The normalized spacial score (nSPS) is 18.8. The van der Waals surface area contributed by atoms with Crippen molar-refractivity contribution in [3.63, 3.8) is 0 Å². The molecule has 16 heavy (non-hydrogen) atoms. The number of carbonyl (C=O) groups excluding carboxylic acids is 1. The topological polar surface area (TPSA) is 26.3 Å². The van der Waals surface area contributed by atoms with Gasteiger partial charge in [-0.25, -0.2) is 4.79 Å². The van der Waals surface area contributed by atoms with Gasteiger partial charge in [0.05, 0.1) is 5.57 Å². The number of rotatable bonds is 3. The largest absolute Gasteiger partial charge is 0.456 e. The summed E-state index contributed by atoms with van der Waals surface area (Å²) < 4.78 is 5.63. The molecular formula is C14H22O2.